The molecular formula is C34H36BrFN2O4. The third-order valence-corrected chi connectivity index (χ3v) is 6.72. The smallest absolute Gasteiger partial charge is 0.293 e. The van der Waals surface area contributed by atoms with E-state index in [1.54, 1.807) is 12.1 Å². The molecule has 0 aromatic heterocycles. The van der Waals surface area contributed by atoms with Gasteiger partial charge in [0.25, 0.3) is 6.47 Å². The number of halogens is 2. The van der Waals surface area contributed by atoms with Gasteiger partial charge in [0.2, 0.25) is 6.41 Å². The molecule has 42 heavy (non-hydrogen) atoms. The Kier molecular flexibility index (Phi) is 16.1. The average molecular weight is 636 g/mol. The molecule has 3 aromatic rings. The van der Waals surface area contributed by atoms with Crippen LogP contribution < -0.4 is 10.6 Å². The molecule has 220 valence electrons. The van der Waals surface area contributed by atoms with Crippen molar-refractivity contribution in [3.8, 4) is 11.1 Å². The first-order valence-corrected chi connectivity index (χ1v) is 14.3. The van der Waals surface area contributed by atoms with E-state index in [4.69, 9.17) is 4.74 Å². The highest BCUT2D eigenvalue weighted by Gasteiger charge is 2.19. The van der Waals surface area contributed by atoms with E-state index in [-0.39, 0.29) is 5.56 Å². The van der Waals surface area contributed by atoms with E-state index in [2.05, 4.69) is 57.8 Å². The summed E-state index contributed by atoms with van der Waals surface area (Å²) in [6, 6.07) is 24.2. The van der Waals surface area contributed by atoms with Gasteiger partial charge in [0.05, 0.1) is 12.2 Å². The quantitative estimate of drug-likeness (QED) is 0.143. The molecule has 2 N–H and O–H groups in total. The Morgan fingerprint density at radius 2 is 1.64 bits per heavy atom. The Labute approximate surface area is 255 Å². The van der Waals surface area contributed by atoms with Gasteiger partial charge in [-0.25, -0.2) is 4.39 Å². The van der Waals surface area contributed by atoms with E-state index in [1.165, 1.54) is 34.9 Å². The SMILES string of the molecule is CCNC.O=CN/C1=C(\C(=O)c2ccccc2F)C/C=C(/Br)CC=C1.O=COCCc1ccccc1-c1ccccc1. The molecule has 0 unspecified atom stereocenters. The average Bonchev–Trinajstić information content (AvgIpc) is 3.01. The summed E-state index contributed by atoms with van der Waals surface area (Å²) in [5, 5.41) is 5.44. The van der Waals surface area contributed by atoms with Crippen molar-refractivity contribution in [3.05, 3.63) is 130 Å². The van der Waals surface area contributed by atoms with Gasteiger partial charge < -0.3 is 15.4 Å². The number of hydrogen-bond donors (Lipinski definition) is 2. The van der Waals surface area contributed by atoms with Crippen molar-refractivity contribution in [1.82, 2.24) is 10.6 Å². The number of carbonyl (C=O) groups is 3. The van der Waals surface area contributed by atoms with Gasteiger partial charge in [-0.05, 0) is 65.8 Å². The van der Waals surface area contributed by atoms with E-state index < -0.39 is 11.6 Å². The largest absolute Gasteiger partial charge is 0.468 e. The summed E-state index contributed by atoms with van der Waals surface area (Å²) in [5.74, 6) is -1.00. The maximum absolute atomic E-state index is 13.8. The van der Waals surface area contributed by atoms with Gasteiger partial charge in [-0.3, -0.25) is 14.4 Å². The number of ether oxygens (including phenoxy) is 1. The summed E-state index contributed by atoms with van der Waals surface area (Å²) < 4.78 is 19.5. The van der Waals surface area contributed by atoms with E-state index in [9.17, 15) is 18.8 Å². The molecule has 0 aliphatic heterocycles. The third kappa shape index (κ3) is 11.4. The number of hydrogen-bond acceptors (Lipinski definition) is 5. The highest BCUT2D eigenvalue weighted by molar-refractivity contribution is 9.11. The Hall–Kier alpha value is -4.14. The number of nitrogens with one attached hydrogen (secondary N) is 2. The van der Waals surface area contributed by atoms with E-state index in [0.29, 0.717) is 43.6 Å². The lowest BCUT2D eigenvalue weighted by Crippen LogP contribution is -2.17. The number of carbonyl (C=O) groups excluding carboxylic acids is 3. The fourth-order valence-corrected chi connectivity index (χ4v) is 4.22. The zero-order valence-electron chi connectivity index (χ0n) is 23.8. The zero-order valence-corrected chi connectivity index (χ0v) is 25.4. The van der Waals surface area contributed by atoms with Crippen molar-refractivity contribution < 1.29 is 23.5 Å². The molecule has 0 saturated carbocycles. The van der Waals surface area contributed by atoms with Gasteiger partial charge in [-0.1, -0.05) is 102 Å². The number of amides is 1. The number of allylic oxidation sites excluding steroid dienone is 5. The minimum Gasteiger partial charge on any atom is -0.468 e. The van der Waals surface area contributed by atoms with Crippen molar-refractivity contribution in [2.75, 3.05) is 20.2 Å². The van der Waals surface area contributed by atoms with Crippen molar-refractivity contribution in [1.29, 1.82) is 0 Å². The van der Waals surface area contributed by atoms with E-state index in [1.807, 2.05) is 49.5 Å². The Bertz CT molecular complexity index is 1390. The minimum absolute atomic E-state index is 0.00352. The summed E-state index contributed by atoms with van der Waals surface area (Å²) in [7, 11) is 1.93. The fourth-order valence-electron chi connectivity index (χ4n) is 3.87. The van der Waals surface area contributed by atoms with Crippen LogP contribution in [0.1, 0.15) is 35.7 Å². The van der Waals surface area contributed by atoms with Gasteiger partial charge in [-0.2, -0.15) is 0 Å². The Balaban J connectivity index is 0.000000265. The zero-order chi connectivity index (χ0) is 30.6. The summed E-state index contributed by atoms with van der Waals surface area (Å²) >= 11 is 3.39. The van der Waals surface area contributed by atoms with Crippen LogP contribution in [0.15, 0.2) is 113 Å². The molecule has 6 nitrogen and oxygen atoms in total. The highest BCUT2D eigenvalue weighted by atomic mass is 79.9. The Morgan fingerprint density at radius 3 is 2.31 bits per heavy atom. The molecular weight excluding hydrogens is 599 g/mol. The number of Topliss-reactive ketones (excluding diaryl/α,β-unsaturated/α-hetero) is 1. The van der Waals surface area contributed by atoms with Crippen LogP contribution >= 0.6 is 15.9 Å². The first-order chi connectivity index (χ1) is 20.5. The number of rotatable bonds is 10. The molecule has 0 atom stereocenters. The lowest BCUT2D eigenvalue weighted by molar-refractivity contribution is -0.128. The summed E-state index contributed by atoms with van der Waals surface area (Å²) in [4.78, 5) is 33.4. The molecule has 0 saturated heterocycles. The lowest BCUT2D eigenvalue weighted by Gasteiger charge is -2.12. The van der Waals surface area contributed by atoms with Crippen LogP contribution in [0.4, 0.5) is 4.39 Å². The maximum Gasteiger partial charge on any atom is 0.293 e. The minimum atomic E-state index is -0.575. The van der Waals surface area contributed by atoms with Crippen molar-refractivity contribution in [2.24, 2.45) is 0 Å². The van der Waals surface area contributed by atoms with Crippen LogP contribution in [0.2, 0.25) is 0 Å². The van der Waals surface area contributed by atoms with Crippen LogP contribution in [-0.2, 0) is 20.7 Å². The first kappa shape index (κ1) is 34.1. The maximum atomic E-state index is 13.8. The fraction of sp³-hybridized carbons (Fsp3) is 0.206. The van der Waals surface area contributed by atoms with Gasteiger partial charge in [0.1, 0.15) is 5.82 Å². The number of ketones is 1. The van der Waals surface area contributed by atoms with Crippen LogP contribution in [0.5, 0.6) is 0 Å². The predicted octanol–water partition coefficient (Wildman–Crippen LogP) is 6.93. The molecule has 0 fully saturated rings. The van der Waals surface area contributed by atoms with Gasteiger partial charge >= 0.3 is 0 Å². The van der Waals surface area contributed by atoms with Crippen LogP contribution in [0.25, 0.3) is 11.1 Å². The van der Waals surface area contributed by atoms with Crippen LogP contribution in [-0.4, -0.2) is 38.9 Å². The molecule has 1 aliphatic carbocycles. The molecule has 0 bridgehead atoms. The van der Waals surface area contributed by atoms with E-state index in [0.717, 1.165) is 17.4 Å². The molecule has 0 heterocycles. The molecule has 0 radical (unpaired) electrons. The van der Waals surface area contributed by atoms with Crippen molar-refractivity contribution in [2.45, 2.75) is 26.2 Å². The first-order valence-electron chi connectivity index (χ1n) is 13.5. The molecule has 8 heteroatoms. The van der Waals surface area contributed by atoms with Crippen molar-refractivity contribution in [3.63, 3.8) is 0 Å². The second-order valence-corrected chi connectivity index (χ2v) is 9.89. The van der Waals surface area contributed by atoms with Gasteiger partial charge in [0.15, 0.2) is 5.78 Å². The highest BCUT2D eigenvalue weighted by Crippen LogP contribution is 2.25. The second-order valence-electron chi connectivity index (χ2n) is 8.87. The predicted molar refractivity (Wildman–Crippen MR) is 170 cm³/mol. The second kappa shape index (κ2) is 19.9. The summed E-state index contributed by atoms with van der Waals surface area (Å²) in [6.45, 7) is 4.05. The molecule has 0 spiro atoms. The van der Waals surface area contributed by atoms with Gasteiger partial charge in [0, 0.05) is 17.7 Å². The molecule has 1 amide bonds. The standard InChI is InChI=1S/C16H13BrFNO2.C15H14O2.C3H9N/c17-11-4-3-7-15(19-10-20)13(9-8-11)16(21)12-5-1-2-6-14(12)18;16-12-17-11-10-14-8-4-5-9-15(14)13-6-2-1-3-7-13;1-3-4-2/h1-3,5-8,10H,4,9H2,(H,19,20);1-9,12H,10-11H2;4H,3H2,1-2H3/b7-3?,11-8+,15-13-;;. The normalized spacial score (nSPS) is 15.2. The summed E-state index contributed by atoms with van der Waals surface area (Å²) in [6.07, 6.45) is 7.55. The Morgan fingerprint density at radius 1 is 0.976 bits per heavy atom. The van der Waals surface area contributed by atoms with Crippen molar-refractivity contribution >= 4 is 34.6 Å². The topological polar surface area (TPSA) is 84.5 Å². The summed E-state index contributed by atoms with van der Waals surface area (Å²) in [5.41, 5.74) is 4.32. The lowest BCUT2D eigenvalue weighted by atomic mass is 9.96. The van der Waals surface area contributed by atoms with E-state index >= 15 is 0 Å². The monoisotopic (exact) mass is 634 g/mol. The molecule has 4 rings (SSSR count). The molecule has 3 aromatic carbocycles. The van der Waals surface area contributed by atoms with Crippen LogP contribution in [0, 0.1) is 5.82 Å². The third-order valence-electron chi connectivity index (χ3n) is 6.07. The number of benzene rings is 3. The molecule has 1 aliphatic rings. The van der Waals surface area contributed by atoms with Gasteiger partial charge in [-0.15, -0.1) is 0 Å². The van der Waals surface area contributed by atoms with Crippen LogP contribution in [0.3, 0.4) is 0 Å².